The van der Waals surface area contributed by atoms with E-state index in [9.17, 15) is 23.1 Å². The SMILES string of the molecule is C=CCN(CC=C)S(=O)(=O)c1ccc(NC(=O)[C@@H]2CCCC[C@@H]2C(=O)O)cc1. The lowest BCUT2D eigenvalue weighted by atomic mass is 9.78. The summed E-state index contributed by atoms with van der Waals surface area (Å²) in [5, 5.41) is 12.0. The number of sulfonamides is 1. The molecule has 0 radical (unpaired) electrons. The zero-order valence-corrected chi connectivity index (χ0v) is 16.5. The van der Waals surface area contributed by atoms with Gasteiger partial charge in [-0.25, -0.2) is 8.42 Å². The molecule has 0 unspecified atom stereocenters. The first-order valence-electron chi connectivity index (χ1n) is 9.17. The number of aliphatic carboxylic acids is 1. The molecular weight excluding hydrogens is 380 g/mol. The highest BCUT2D eigenvalue weighted by Crippen LogP contribution is 2.31. The normalized spacial score (nSPS) is 19.8. The minimum atomic E-state index is -3.71. The predicted octanol–water partition coefficient (Wildman–Crippen LogP) is 2.88. The summed E-state index contributed by atoms with van der Waals surface area (Å²) in [4.78, 5) is 24.0. The molecule has 1 amide bonds. The summed E-state index contributed by atoms with van der Waals surface area (Å²) in [6.45, 7) is 7.46. The van der Waals surface area contributed by atoms with Crippen molar-refractivity contribution >= 4 is 27.6 Å². The Balaban J connectivity index is 2.13. The lowest BCUT2D eigenvalue weighted by molar-refractivity contribution is -0.147. The number of hydrogen-bond donors (Lipinski definition) is 2. The highest BCUT2D eigenvalue weighted by Gasteiger charge is 2.35. The molecule has 2 N–H and O–H groups in total. The van der Waals surface area contributed by atoms with Gasteiger partial charge >= 0.3 is 5.97 Å². The Morgan fingerprint density at radius 2 is 1.61 bits per heavy atom. The summed E-state index contributed by atoms with van der Waals surface area (Å²) in [7, 11) is -3.71. The van der Waals surface area contributed by atoms with Crippen molar-refractivity contribution in [2.75, 3.05) is 18.4 Å². The Morgan fingerprint density at radius 3 is 2.11 bits per heavy atom. The molecule has 1 fully saturated rings. The average Bonchev–Trinajstić information content (AvgIpc) is 2.68. The Labute approximate surface area is 165 Å². The van der Waals surface area contributed by atoms with Crippen LogP contribution in [0.25, 0.3) is 0 Å². The maximum absolute atomic E-state index is 12.7. The summed E-state index contributed by atoms with van der Waals surface area (Å²) in [6.07, 6.45) is 5.65. The third kappa shape index (κ3) is 5.08. The van der Waals surface area contributed by atoms with Crippen molar-refractivity contribution in [3.05, 3.63) is 49.6 Å². The second-order valence-corrected chi connectivity index (χ2v) is 8.69. The monoisotopic (exact) mass is 406 g/mol. The number of nitrogens with zero attached hydrogens (tertiary/aromatic N) is 1. The van der Waals surface area contributed by atoms with Crippen LogP contribution in [0.4, 0.5) is 5.69 Å². The molecule has 0 heterocycles. The zero-order valence-electron chi connectivity index (χ0n) is 15.7. The lowest BCUT2D eigenvalue weighted by Gasteiger charge is -2.27. The molecule has 152 valence electrons. The van der Waals surface area contributed by atoms with Crippen LogP contribution < -0.4 is 5.32 Å². The highest BCUT2D eigenvalue weighted by molar-refractivity contribution is 7.89. The fourth-order valence-corrected chi connectivity index (χ4v) is 4.77. The molecule has 0 aliphatic heterocycles. The number of rotatable bonds is 9. The van der Waals surface area contributed by atoms with Crippen molar-refractivity contribution in [2.45, 2.75) is 30.6 Å². The van der Waals surface area contributed by atoms with Gasteiger partial charge in [0.25, 0.3) is 0 Å². The number of benzene rings is 1. The standard InChI is InChI=1S/C20H26N2O5S/c1-3-13-22(14-4-2)28(26,27)16-11-9-15(10-12-16)21-19(23)17-7-5-6-8-18(17)20(24)25/h3-4,9-12,17-18H,1-2,5-8,13-14H2,(H,21,23)(H,24,25)/t17-,18+/m1/s1. The minimum absolute atomic E-state index is 0.0928. The van der Waals surface area contributed by atoms with Gasteiger partial charge in [-0.3, -0.25) is 9.59 Å². The summed E-state index contributed by atoms with van der Waals surface area (Å²) in [5.41, 5.74) is 0.428. The average molecular weight is 407 g/mol. The molecule has 2 atom stereocenters. The number of nitrogens with one attached hydrogen (secondary N) is 1. The number of anilines is 1. The highest BCUT2D eigenvalue weighted by atomic mass is 32.2. The van der Waals surface area contributed by atoms with E-state index in [1.807, 2.05) is 0 Å². The topological polar surface area (TPSA) is 104 Å². The van der Waals surface area contributed by atoms with Crippen LogP contribution in [0.3, 0.4) is 0 Å². The van der Waals surface area contributed by atoms with Crippen LogP contribution in [0.15, 0.2) is 54.5 Å². The fraction of sp³-hybridized carbons (Fsp3) is 0.400. The van der Waals surface area contributed by atoms with E-state index in [0.717, 1.165) is 12.8 Å². The van der Waals surface area contributed by atoms with Gasteiger partial charge < -0.3 is 10.4 Å². The maximum atomic E-state index is 12.7. The fourth-order valence-electron chi connectivity index (χ4n) is 3.39. The van der Waals surface area contributed by atoms with E-state index in [2.05, 4.69) is 18.5 Å². The molecule has 1 aliphatic rings. The van der Waals surface area contributed by atoms with Crippen LogP contribution in [0, 0.1) is 11.8 Å². The second kappa shape index (κ2) is 9.66. The van der Waals surface area contributed by atoms with Gasteiger partial charge in [-0.2, -0.15) is 4.31 Å². The molecule has 1 aliphatic carbocycles. The molecular formula is C20H26N2O5S. The van der Waals surface area contributed by atoms with E-state index in [4.69, 9.17) is 0 Å². The first-order valence-corrected chi connectivity index (χ1v) is 10.6. The van der Waals surface area contributed by atoms with Crippen molar-refractivity contribution < 1.29 is 23.1 Å². The van der Waals surface area contributed by atoms with E-state index in [-0.39, 0.29) is 23.9 Å². The summed E-state index contributed by atoms with van der Waals surface area (Å²) < 4.78 is 26.6. The van der Waals surface area contributed by atoms with Crippen LogP contribution in [0.5, 0.6) is 0 Å². The number of carboxylic acid groups (broad SMARTS) is 1. The molecule has 1 aromatic rings. The lowest BCUT2D eigenvalue weighted by Crippen LogP contribution is -2.36. The maximum Gasteiger partial charge on any atom is 0.307 e. The van der Waals surface area contributed by atoms with E-state index >= 15 is 0 Å². The Hall–Kier alpha value is -2.45. The third-order valence-electron chi connectivity index (χ3n) is 4.85. The summed E-state index contributed by atoms with van der Waals surface area (Å²) in [6, 6.07) is 5.84. The molecule has 0 bridgehead atoms. The van der Waals surface area contributed by atoms with Gasteiger partial charge in [0.15, 0.2) is 0 Å². The van der Waals surface area contributed by atoms with Crippen molar-refractivity contribution in [1.82, 2.24) is 4.31 Å². The van der Waals surface area contributed by atoms with Gasteiger partial charge in [0.2, 0.25) is 15.9 Å². The first kappa shape index (κ1) is 21.8. The molecule has 0 aromatic heterocycles. The van der Waals surface area contributed by atoms with Crippen LogP contribution >= 0.6 is 0 Å². The minimum Gasteiger partial charge on any atom is -0.481 e. The van der Waals surface area contributed by atoms with Crippen molar-refractivity contribution in [2.24, 2.45) is 11.8 Å². The van der Waals surface area contributed by atoms with E-state index in [1.165, 1.54) is 40.7 Å². The number of hydrogen-bond acceptors (Lipinski definition) is 4. The first-order chi connectivity index (χ1) is 13.3. The van der Waals surface area contributed by atoms with Gasteiger partial charge in [-0.05, 0) is 37.1 Å². The second-order valence-electron chi connectivity index (χ2n) is 6.75. The zero-order chi connectivity index (χ0) is 20.7. The smallest absolute Gasteiger partial charge is 0.307 e. The van der Waals surface area contributed by atoms with Gasteiger partial charge in [-0.15, -0.1) is 13.2 Å². The molecule has 0 saturated heterocycles. The number of carbonyl (C=O) groups is 2. The van der Waals surface area contributed by atoms with Crippen molar-refractivity contribution in [3.63, 3.8) is 0 Å². The Bertz CT molecular complexity index is 823. The molecule has 2 rings (SSSR count). The Morgan fingerprint density at radius 1 is 1.07 bits per heavy atom. The Kier molecular flexibility index (Phi) is 7.53. The van der Waals surface area contributed by atoms with Crippen LogP contribution in [-0.4, -0.2) is 42.8 Å². The van der Waals surface area contributed by atoms with Crippen LogP contribution in [0.1, 0.15) is 25.7 Å². The van der Waals surface area contributed by atoms with E-state index in [1.54, 1.807) is 0 Å². The molecule has 1 saturated carbocycles. The largest absolute Gasteiger partial charge is 0.481 e. The number of carbonyl (C=O) groups excluding carboxylic acids is 1. The number of carboxylic acids is 1. The third-order valence-corrected chi connectivity index (χ3v) is 6.69. The molecule has 28 heavy (non-hydrogen) atoms. The molecule has 1 aromatic carbocycles. The number of amides is 1. The van der Waals surface area contributed by atoms with E-state index in [0.29, 0.717) is 18.5 Å². The van der Waals surface area contributed by atoms with Crippen LogP contribution in [0.2, 0.25) is 0 Å². The van der Waals surface area contributed by atoms with Gasteiger partial charge in [-0.1, -0.05) is 25.0 Å². The molecule has 7 nitrogen and oxygen atoms in total. The quantitative estimate of drug-likeness (QED) is 0.614. The van der Waals surface area contributed by atoms with Crippen molar-refractivity contribution in [3.8, 4) is 0 Å². The van der Waals surface area contributed by atoms with Crippen molar-refractivity contribution in [1.29, 1.82) is 0 Å². The predicted molar refractivity (Wildman–Crippen MR) is 107 cm³/mol. The summed E-state index contributed by atoms with van der Waals surface area (Å²) >= 11 is 0. The van der Waals surface area contributed by atoms with E-state index < -0.39 is 27.8 Å². The van der Waals surface area contributed by atoms with Gasteiger partial charge in [0, 0.05) is 18.8 Å². The molecule has 8 heteroatoms. The van der Waals surface area contributed by atoms with Gasteiger partial charge in [0.05, 0.1) is 16.7 Å². The van der Waals surface area contributed by atoms with Crippen LogP contribution in [-0.2, 0) is 19.6 Å². The summed E-state index contributed by atoms with van der Waals surface area (Å²) in [5.74, 6) is -2.56. The van der Waals surface area contributed by atoms with Gasteiger partial charge in [0.1, 0.15) is 0 Å². The molecule has 0 spiro atoms.